The summed E-state index contributed by atoms with van der Waals surface area (Å²) in [6.45, 7) is 3.60. The maximum absolute atomic E-state index is 13.1. The summed E-state index contributed by atoms with van der Waals surface area (Å²) in [4.78, 5) is 23.9. The van der Waals surface area contributed by atoms with Crippen molar-refractivity contribution in [1.82, 2.24) is 15.3 Å². The SMILES string of the molecule is COc1ccc(C2(CNC(=O)C3CCCN(c4ncccn4)C3)CCOCC2)cc1. The van der Waals surface area contributed by atoms with Crippen molar-refractivity contribution in [2.45, 2.75) is 31.1 Å². The van der Waals surface area contributed by atoms with Crippen molar-refractivity contribution >= 4 is 11.9 Å². The van der Waals surface area contributed by atoms with Crippen LogP contribution in [-0.4, -0.2) is 55.8 Å². The number of ether oxygens (including phenoxy) is 2. The number of methoxy groups -OCH3 is 1. The summed E-state index contributed by atoms with van der Waals surface area (Å²) < 4.78 is 10.9. The molecule has 3 heterocycles. The molecular weight excluding hydrogens is 380 g/mol. The number of carbonyl (C=O) groups excluding carboxylic acids is 1. The number of nitrogens with zero attached hydrogens (tertiary/aromatic N) is 3. The van der Waals surface area contributed by atoms with Gasteiger partial charge in [-0.05, 0) is 49.4 Å². The maximum Gasteiger partial charge on any atom is 0.225 e. The number of rotatable bonds is 6. The summed E-state index contributed by atoms with van der Waals surface area (Å²) in [5, 5.41) is 3.27. The van der Waals surface area contributed by atoms with Crippen molar-refractivity contribution in [1.29, 1.82) is 0 Å². The Morgan fingerprint density at radius 1 is 1.23 bits per heavy atom. The van der Waals surface area contributed by atoms with E-state index in [1.807, 2.05) is 18.2 Å². The van der Waals surface area contributed by atoms with Crippen LogP contribution in [-0.2, 0) is 14.9 Å². The van der Waals surface area contributed by atoms with Gasteiger partial charge in [-0.3, -0.25) is 4.79 Å². The third kappa shape index (κ3) is 4.56. The molecule has 1 aromatic carbocycles. The van der Waals surface area contributed by atoms with Crippen molar-refractivity contribution in [2.75, 3.05) is 44.9 Å². The summed E-state index contributed by atoms with van der Waals surface area (Å²) in [5.41, 5.74) is 1.13. The Labute approximate surface area is 177 Å². The highest BCUT2D eigenvalue weighted by Gasteiger charge is 2.36. The first-order chi connectivity index (χ1) is 14.7. The third-order valence-corrected chi connectivity index (χ3v) is 6.38. The zero-order valence-corrected chi connectivity index (χ0v) is 17.5. The minimum absolute atomic E-state index is 0.0460. The highest BCUT2D eigenvalue weighted by atomic mass is 16.5. The van der Waals surface area contributed by atoms with E-state index in [4.69, 9.17) is 9.47 Å². The molecule has 2 saturated heterocycles. The maximum atomic E-state index is 13.1. The number of aromatic nitrogens is 2. The summed E-state index contributed by atoms with van der Waals surface area (Å²) >= 11 is 0. The number of hydrogen-bond donors (Lipinski definition) is 1. The molecule has 7 nitrogen and oxygen atoms in total. The number of benzene rings is 1. The first-order valence-electron chi connectivity index (χ1n) is 10.7. The van der Waals surface area contributed by atoms with E-state index in [1.54, 1.807) is 19.5 Å². The molecule has 0 saturated carbocycles. The number of amides is 1. The van der Waals surface area contributed by atoms with E-state index >= 15 is 0 Å². The Bertz CT molecular complexity index is 822. The minimum Gasteiger partial charge on any atom is -0.497 e. The summed E-state index contributed by atoms with van der Waals surface area (Å²) in [6, 6.07) is 10.0. The Hall–Kier alpha value is -2.67. The van der Waals surface area contributed by atoms with E-state index in [1.165, 1.54) is 5.56 Å². The van der Waals surface area contributed by atoms with Gasteiger partial charge in [0.15, 0.2) is 0 Å². The van der Waals surface area contributed by atoms with Gasteiger partial charge in [0, 0.05) is 50.7 Å². The molecule has 0 aliphatic carbocycles. The molecule has 2 aromatic rings. The zero-order chi connectivity index (χ0) is 20.8. The highest BCUT2D eigenvalue weighted by Crippen LogP contribution is 2.35. The monoisotopic (exact) mass is 410 g/mol. The van der Waals surface area contributed by atoms with Gasteiger partial charge in [0.1, 0.15) is 5.75 Å². The summed E-state index contributed by atoms with van der Waals surface area (Å²) in [6.07, 6.45) is 7.15. The first-order valence-corrected chi connectivity index (χ1v) is 10.7. The Balaban J connectivity index is 1.42. The number of anilines is 1. The summed E-state index contributed by atoms with van der Waals surface area (Å²) in [7, 11) is 1.67. The van der Waals surface area contributed by atoms with Crippen LogP contribution in [0.3, 0.4) is 0 Å². The van der Waals surface area contributed by atoms with Crippen molar-refractivity contribution in [2.24, 2.45) is 5.92 Å². The molecule has 160 valence electrons. The lowest BCUT2D eigenvalue weighted by molar-refractivity contribution is -0.125. The Morgan fingerprint density at radius 2 is 1.97 bits per heavy atom. The van der Waals surface area contributed by atoms with Crippen LogP contribution in [0, 0.1) is 5.92 Å². The second kappa shape index (κ2) is 9.43. The molecule has 30 heavy (non-hydrogen) atoms. The van der Waals surface area contributed by atoms with Gasteiger partial charge in [0.2, 0.25) is 11.9 Å². The molecule has 1 unspecified atom stereocenters. The molecule has 7 heteroatoms. The van der Waals surface area contributed by atoms with Gasteiger partial charge in [-0.1, -0.05) is 12.1 Å². The van der Waals surface area contributed by atoms with E-state index in [0.717, 1.165) is 38.0 Å². The molecule has 2 aliphatic rings. The average Bonchev–Trinajstić information content (AvgIpc) is 2.84. The van der Waals surface area contributed by atoms with Crippen LogP contribution in [0.1, 0.15) is 31.2 Å². The lowest BCUT2D eigenvalue weighted by Gasteiger charge is -2.39. The van der Waals surface area contributed by atoms with Crippen LogP contribution < -0.4 is 15.0 Å². The lowest BCUT2D eigenvalue weighted by atomic mass is 9.74. The molecule has 0 bridgehead atoms. The number of carbonyl (C=O) groups is 1. The van der Waals surface area contributed by atoms with E-state index in [-0.39, 0.29) is 17.2 Å². The third-order valence-electron chi connectivity index (χ3n) is 6.38. The fourth-order valence-corrected chi connectivity index (χ4v) is 4.50. The topological polar surface area (TPSA) is 76.6 Å². The second-order valence-corrected chi connectivity index (χ2v) is 8.17. The van der Waals surface area contributed by atoms with Gasteiger partial charge in [-0.15, -0.1) is 0 Å². The molecule has 1 aromatic heterocycles. The van der Waals surface area contributed by atoms with Crippen LogP contribution >= 0.6 is 0 Å². The van der Waals surface area contributed by atoms with Gasteiger partial charge in [0.25, 0.3) is 0 Å². The van der Waals surface area contributed by atoms with Crippen LogP contribution in [0.25, 0.3) is 0 Å². The molecule has 2 aliphatic heterocycles. The average molecular weight is 411 g/mol. The van der Waals surface area contributed by atoms with Crippen LogP contribution in [0.4, 0.5) is 5.95 Å². The number of piperidine rings is 1. The van der Waals surface area contributed by atoms with E-state index in [2.05, 4.69) is 32.3 Å². The molecule has 1 amide bonds. The van der Waals surface area contributed by atoms with E-state index < -0.39 is 0 Å². The minimum atomic E-state index is -0.100. The number of hydrogen-bond acceptors (Lipinski definition) is 6. The smallest absolute Gasteiger partial charge is 0.225 e. The van der Waals surface area contributed by atoms with Crippen LogP contribution in [0.15, 0.2) is 42.7 Å². The van der Waals surface area contributed by atoms with Crippen molar-refractivity contribution < 1.29 is 14.3 Å². The van der Waals surface area contributed by atoms with Gasteiger partial charge in [-0.25, -0.2) is 9.97 Å². The quantitative estimate of drug-likeness (QED) is 0.789. The molecular formula is C23H30N4O3. The van der Waals surface area contributed by atoms with Crippen LogP contribution in [0.5, 0.6) is 5.75 Å². The largest absolute Gasteiger partial charge is 0.497 e. The Kier molecular flexibility index (Phi) is 6.47. The van der Waals surface area contributed by atoms with E-state index in [0.29, 0.717) is 32.3 Å². The predicted octanol–water partition coefficient (Wildman–Crippen LogP) is 2.57. The Morgan fingerprint density at radius 3 is 2.67 bits per heavy atom. The van der Waals surface area contributed by atoms with Gasteiger partial charge >= 0.3 is 0 Å². The van der Waals surface area contributed by atoms with Gasteiger partial charge in [0.05, 0.1) is 13.0 Å². The number of nitrogens with one attached hydrogen (secondary N) is 1. The fourth-order valence-electron chi connectivity index (χ4n) is 4.50. The van der Waals surface area contributed by atoms with Crippen molar-refractivity contribution in [3.05, 3.63) is 48.3 Å². The molecule has 0 radical (unpaired) electrons. The van der Waals surface area contributed by atoms with Gasteiger partial charge in [-0.2, -0.15) is 0 Å². The molecule has 1 atom stereocenters. The lowest BCUT2D eigenvalue weighted by Crippen LogP contribution is -2.49. The van der Waals surface area contributed by atoms with Crippen molar-refractivity contribution in [3.8, 4) is 5.75 Å². The zero-order valence-electron chi connectivity index (χ0n) is 17.5. The molecule has 0 spiro atoms. The van der Waals surface area contributed by atoms with Gasteiger partial charge < -0.3 is 19.7 Å². The molecule has 2 fully saturated rings. The molecule has 1 N–H and O–H groups in total. The second-order valence-electron chi connectivity index (χ2n) is 8.17. The standard InChI is InChI=1S/C23H30N4O3/c1-29-20-7-5-19(6-8-20)23(9-14-30-15-10-23)17-26-21(28)18-4-2-13-27(16-18)22-24-11-3-12-25-22/h3,5-8,11-12,18H,2,4,9-10,13-17H2,1H3,(H,26,28). The van der Waals surface area contributed by atoms with Crippen molar-refractivity contribution in [3.63, 3.8) is 0 Å². The summed E-state index contributed by atoms with van der Waals surface area (Å²) in [5.74, 6) is 1.62. The van der Waals surface area contributed by atoms with Crippen LogP contribution in [0.2, 0.25) is 0 Å². The predicted molar refractivity (Wildman–Crippen MR) is 115 cm³/mol. The highest BCUT2D eigenvalue weighted by molar-refractivity contribution is 5.79. The fraction of sp³-hybridized carbons (Fsp3) is 0.522. The molecule has 4 rings (SSSR count). The first kappa shape index (κ1) is 20.6. The van der Waals surface area contributed by atoms with E-state index in [9.17, 15) is 4.79 Å². The normalized spacial score (nSPS) is 21.1.